The second kappa shape index (κ2) is 7.39. The Morgan fingerprint density at radius 1 is 1.20 bits per heavy atom. The van der Waals surface area contributed by atoms with Gasteiger partial charge in [-0.05, 0) is 54.0 Å². The van der Waals surface area contributed by atoms with Crippen LogP contribution in [0.2, 0.25) is 0 Å². The molecular formula is C16H26BrN3. The Labute approximate surface area is 131 Å². The molecule has 0 N–H and O–H groups in total. The van der Waals surface area contributed by atoms with Gasteiger partial charge in [0.05, 0.1) is 0 Å². The highest BCUT2D eigenvalue weighted by atomic mass is 79.9. The first-order valence-corrected chi connectivity index (χ1v) is 8.69. The molecule has 0 atom stereocenters. The zero-order valence-electron chi connectivity index (χ0n) is 12.9. The summed E-state index contributed by atoms with van der Waals surface area (Å²) in [4.78, 5) is 11.5. The van der Waals surface area contributed by atoms with Gasteiger partial charge in [-0.15, -0.1) is 0 Å². The lowest BCUT2D eigenvalue weighted by Gasteiger charge is -2.35. The van der Waals surface area contributed by atoms with E-state index in [1.165, 1.54) is 32.1 Å². The minimum atomic E-state index is 0.633. The molecule has 2 rings (SSSR count). The van der Waals surface area contributed by atoms with Crippen LogP contribution in [0.1, 0.15) is 58.2 Å². The van der Waals surface area contributed by atoms with Gasteiger partial charge in [0.2, 0.25) is 0 Å². The van der Waals surface area contributed by atoms with Crippen molar-refractivity contribution in [1.82, 2.24) is 9.97 Å². The number of aromatic nitrogens is 2. The van der Waals surface area contributed by atoms with E-state index in [1.807, 2.05) is 6.07 Å². The highest BCUT2D eigenvalue weighted by molar-refractivity contribution is 9.10. The number of anilines is 1. The van der Waals surface area contributed by atoms with Crippen molar-refractivity contribution in [2.75, 3.05) is 11.9 Å². The molecule has 1 aromatic rings. The minimum absolute atomic E-state index is 0.633. The summed E-state index contributed by atoms with van der Waals surface area (Å²) in [5.74, 6) is 2.95. The predicted molar refractivity (Wildman–Crippen MR) is 88.2 cm³/mol. The van der Waals surface area contributed by atoms with Crippen molar-refractivity contribution >= 4 is 21.7 Å². The quantitative estimate of drug-likeness (QED) is 0.734. The fraction of sp³-hybridized carbons (Fsp3) is 0.750. The van der Waals surface area contributed by atoms with Gasteiger partial charge in [0.25, 0.3) is 0 Å². The van der Waals surface area contributed by atoms with Crippen LogP contribution in [0.5, 0.6) is 0 Å². The number of hydrogen-bond donors (Lipinski definition) is 0. The lowest BCUT2D eigenvalue weighted by Crippen LogP contribution is -2.35. The van der Waals surface area contributed by atoms with E-state index < -0.39 is 0 Å². The Kier molecular flexibility index (Phi) is 5.82. The largest absolute Gasteiger partial charge is 0.357 e. The third-order valence-electron chi connectivity index (χ3n) is 4.50. The van der Waals surface area contributed by atoms with E-state index in [4.69, 9.17) is 4.98 Å². The molecule has 0 amide bonds. The molecule has 0 radical (unpaired) electrons. The molecule has 1 fully saturated rings. The van der Waals surface area contributed by atoms with Crippen LogP contribution in [-0.4, -0.2) is 23.1 Å². The van der Waals surface area contributed by atoms with Crippen molar-refractivity contribution < 1.29 is 0 Å². The first kappa shape index (κ1) is 15.7. The summed E-state index contributed by atoms with van der Waals surface area (Å²) in [5.41, 5.74) is 0. The fourth-order valence-corrected chi connectivity index (χ4v) is 3.50. The van der Waals surface area contributed by atoms with E-state index in [0.29, 0.717) is 6.04 Å². The topological polar surface area (TPSA) is 29.0 Å². The van der Waals surface area contributed by atoms with E-state index in [9.17, 15) is 0 Å². The van der Waals surface area contributed by atoms with Gasteiger partial charge in [0, 0.05) is 25.6 Å². The van der Waals surface area contributed by atoms with Crippen LogP contribution < -0.4 is 4.90 Å². The van der Waals surface area contributed by atoms with Crippen molar-refractivity contribution in [1.29, 1.82) is 0 Å². The lowest BCUT2D eigenvalue weighted by molar-refractivity contribution is 0.313. The Hall–Kier alpha value is -0.640. The molecule has 0 aliphatic heterocycles. The zero-order chi connectivity index (χ0) is 14.5. The van der Waals surface area contributed by atoms with Crippen LogP contribution in [-0.2, 0) is 6.42 Å². The second-order valence-electron chi connectivity index (χ2n) is 5.91. The molecule has 1 aliphatic carbocycles. The number of aryl methyl sites for hydroxylation is 1. The van der Waals surface area contributed by atoms with Crippen LogP contribution in [0.3, 0.4) is 0 Å². The van der Waals surface area contributed by atoms with Crippen LogP contribution in [0.4, 0.5) is 5.82 Å². The van der Waals surface area contributed by atoms with Crippen molar-refractivity contribution in [3.8, 4) is 0 Å². The van der Waals surface area contributed by atoms with E-state index in [1.54, 1.807) is 0 Å². The summed E-state index contributed by atoms with van der Waals surface area (Å²) >= 11 is 3.52. The third-order valence-corrected chi connectivity index (χ3v) is 4.91. The summed E-state index contributed by atoms with van der Waals surface area (Å²) in [6.07, 6.45) is 8.67. The zero-order valence-corrected chi connectivity index (χ0v) is 14.5. The highest BCUT2D eigenvalue weighted by Gasteiger charge is 2.24. The molecule has 0 bridgehead atoms. The standard InChI is InChI=1S/C16H26BrN3/c1-4-6-15-18-14(17)11-16(19-15)20(3)13-9-7-12(5-2)8-10-13/h11-13H,4-10H2,1-3H3. The number of hydrogen-bond acceptors (Lipinski definition) is 3. The summed E-state index contributed by atoms with van der Waals surface area (Å²) in [6.45, 7) is 4.48. The molecule has 0 spiro atoms. The normalized spacial score (nSPS) is 22.8. The summed E-state index contributed by atoms with van der Waals surface area (Å²) in [7, 11) is 2.18. The first-order valence-electron chi connectivity index (χ1n) is 7.90. The molecule has 0 unspecified atom stereocenters. The van der Waals surface area contributed by atoms with Gasteiger partial charge in [-0.25, -0.2) is 9.97 Å². The second-order valence-corrected chi connectivity index (χ2v) is 6.72. The van der Waals surface area contributed by atoms with Gasteiger partial charge in [-0.1, -0.05) is 20.3 Å². The van der Waals surface area contributed by atoms with Gasteiger partial charge < -0.3 is 4.90 Å². The number of halogens is 1. The van der Waals surface area contributed by atoms with E-state index in [0.717, 1.165) is 35.0 Å². The predicted octanol–water partition coefficient (Wildman–Crippen LogP) is 4.60. The Balaban J connectivity index is 2.07. The average Bonchev–Trinajstić information content (AvgIpc) is 2.46. The average molecular weight is 340 g/mol. The Morgan fingerprint density at radius 2 is 1.90 bits per heavy atom. The highest BCUT2D eigenvalue weighted by Crippen LogP contribution is 2.31. The Morgan fingerprint density at radius 3 is 2.50 bits per heavy atom. The molecule has 1 aliphatic rings. The fourth-order valence-electron chi connectivity index (χ4n) is 3.10. The molecule has 1 saturated carbocycles. The van der Waals surface area contributed by atoms with Gasteiger partial charge >= 0.3 is 0 Å². The monoisotopic (exact) mass is 339 g/mol. The molecular weight excluding hydrogens is 314 g/mol. The van der Waals surface area contributed by atoms with E-state index in [2.05, 4.69) is 46.7 Å². The number of rotatable bonds is 5. The first-order chi connectivity index (χ1) is 9.63. The van der Waals surface area contributed by atoms with Crippen LogP contribution in [0.15, 0.2) is 10.7 Å². The van der Waals surface area contributed by atoms with Gasteiger partial charge in [-0.3, -0.25) is 0 Å². The maximum atomic E-state index is 4.72. The van der Waals surface area contributed by atoms with E-state index in [-0.39, 0.29) is 0 Å². The van der Waals surface area contributed by atoms with Gasteiger partial charge in [0.1, 0.15) is 16.2 Å². The summed E-state index contributed by atoms with van der Waals surface area (Å²) in [6, 6.07) is 2.68. The van der Waals surface area contributed by atoms with Crippen LogP contribution >= 0.6 is 15.9 Å². The maximum Gasteiger partial charge on any atom is 0.133 e. The molecule has 3 nitrogen and oxygen atoms in total. The molecule has 0 saturated heterocycles. The van der Waals surface area contributed by atoms with Crippen molar-refractivity contribution in [2.24, 2.45) is 5.92 Å². The van der Waals surface area contributed by atoms with Crippen LogP contribution in [0, 0.1) is 5.92 Å². The third kappa shape index (κ3) is 3.94. The lowest BCUT2D eigenvalue weighted by atomic mass is 9.84. The Bertz CT molecular complexity index is 428. The molecule has 112 valence electrons. The smallest absolute Gasteiger partial charge is 0.133 e. The van der Waals surface area contributed by atoms with Crippen molar-refractivity contribution in [3.05, 3.63) is 16.5 Å². The number of nitrogens with zero attached hydrogens (tertiary/aromatic N) is 3. The molecule has 1 aromatic heterocycles. The molecule has 1 heterocycles. The van der Waals surface area contributed by atoms with Gasteiger partial charge in [-0.2, -0.15) is 0 Å². The van der Waals surface area contributed by atoms with E-state index >= 15 is 0 Å². The molecule has 20 heavy (non-hydrogen) atoms. The SMILES string of the molecule is CCCc1nc(Br)cc(N(C)C2CCC(CC)CC2)n1. The van der Waals surface area contributed by atoms with Crippen molar-refractivity contribution in [3.63, 3.8) is 0 Å². The summed E-state index contributed by atoms with van der Waals surface area (Å²) < 4.78 is 0.903. The maximum absolute atomic E-state index is 4.72. The van der Waals surface area contributed by atoms with Crippen LogP contribution in [0.25, 0.3) is 0 Å². The van der Waals surface area contributed by atoms with Crippen molar-refractivity contribution in [2.45, 2.75) is 64.8 Å². The summed E-state index contributed by atoms with van der Waals surface area (Å²) in [5, 5.41) is 0. The van der Waals surface area contributed by atoms with Gasteiger partial charge in [0.15, 0.2) is 0 Å². The molecule has 0 aromatic carbocycles. The molecule has 4 heteroatoms. The minimum Gasteiger partial charge on any atom is -0.357 e.